The maximum absolute atomic E-state index is 11.6. The fraction of sp³-hybridized carbons (Fsp3) is 0.357. The molecule has 1 unspecified atom stereocenters. The maximum atomic E-state index is 11.6. The van der Waals surface area contributed by atoms with Gasteiger partial charge in [-0.15, -0.1) is 0 Å². The van der Waals surface area contributed by atoms with Crippen molar-refractivity contribution in [3.8, 4) is 0 Å². The fourth-order valence-corrected chi connectivity index (χ4v) is 1.69. The molecule has 0 aliphatic rings. The maximum Gasteiger partial charge on any atom is 0.139 e. The lowest BCUT2D eigenvalue weighted by molar-refractivity contribution is -0.123. The van der Waals surface area contributed by atoms with E-state index in [1.165, 1.54) is 5.56 Å². The molecule has 0 saturated heterocycles. The smallest absolute Gasteiger partial charge is 0.139 e. The molecule has 0 aliphatic carbocycles. The number of ketones is 1. The molecule has 0 aliphatic heterocycles. The van der Waals surface area contributed by atoms with E-state index in [1.54, 1.807) is 6.92 Å². The first-order valence-corrected chi connectivity index (χ1v) is 5.27. The first kappa shape index (κ1) is 11.7. The Kier molecular flexibility index (Phi) is 3.84. The van der Waals surface area contributed by atoms with Crippen LogP contribution < -0.4 is 0 Å². The summed E-state index contributed by atoms with van der Waals surface area (Å²) < 4.78 is 0. The summed E-state index contributed by atoms with van der Waals surface area (Å²) in [5.41, 5.74) is 0.837. The zero-order valence-electron chi connectivity index (χ0n) is 9.66. The molecular formula is C14H18O. The van der Waals surface area contributed by atoms with E-state index in [1.807, 2.05) is 44.2 Å². The third kappa shape index (κ3) is 3.05. The average molecular weight is 202 g/mol. The highest BCUT2D eigenvalue weighted by Gasteiger charge is 2.26. The molecule has 1 heteroatoms. The predicted octanol–water partition coefficient (Wildman–Crippen LogP) is 3.40. The molecule has 1 atom stereocenters. The topological polar surface area (TPSA) is 17.1 Å². The number of benzene rings is 1. The lowest BCUT2D eigenvalue weighted by Crippen LogP contribution is -2.25. The molecule has 15 heavy (non-hydrogen) atoms. The van der Waals surface area contributed by atoms with Crippen molar-refractivity contribution in [3.05, 3.63) is 48.0 Å². The third-order valence-electron chi connectivity index (χ3n) is 2.75. The molecule has 0 N–H and O–H groups in total. The minimum atomic E-state index is -0.365. The molecule has 1 aromatic rings. The number of carbonyl (C=O) groups excluding carboxylic acids is 1. The number of rotatable bonds is 4. The van der Waals surface area contributed by atoms with Crippen molar-refractivity contribution in [2.24, 2.45) is 5.41 Å². The van der Waals surface area contributed by atoms with Crippen LogP contribution in [0.5, 0.6) is 0 Å². The van der Waals surface area contributed by atoms with Gasteiger partial charge in [0.15, 0.2) is 0 Å². The number of hydrogen-bond donors (Lipinski definition) is 0. The first-order valence-electron chi connectivity index (χ1n) is 5.27. The molecule has 1 aromatic carbocycles. The van der Waals surface area contributed by atoms with Gasteiger partial charge in [-0.05, 0) is 32.8 Å². The Labute approximate surface area is 91.8 Å². The van der Waals surface area contributed by atoms with Crippen molar-refractivity contribution < 1.29 is 4.79 Å². The van der Waals surface area contributed by atoms with Gasteiger partial charge in [0.2, 0.25) is 0 Å². The van der Waals surface area contributed by atoms with Gasteiger partial charge in [-0.3, -0.25) is 4.79 Å². The van der Waals surface area contributed by atoms with Crippen LogP contribution in [0, 0.1) is 5.41 Å². The number of hydrogen-bond acceptors (Lipinski definition) is 1. The second-order valence-electron chi connectivity index (χ2n) is 4.14. The van der Waals surface area contributed by atoms with E-state index in [4.69, 9.17) is 0 Å². The van der Waals surface area contributed by atoms with E-state index in [9.17, 15) is 4.79 Å². The summed E-state index contributed by atoms with van der Waals surface area (Å²) in [5, 5.41) is 0. The fourth-order valence-electron chi connectivity index (χ4n) is 1.69. The van der Waals surface area contributed by atoms with E-state index in [2.05, 4.69) is 12.1 Å². The van der Waals surface area contributed by atoms with Crippen molar-refractivity contribution in [1.82, 2.24) is 0 Å². The van der Waals surface area contributed by atoms with Crippen molar-refractivity contribution in [2.75, 3.05) is 0 Å². The second kappa shape index (κ2) is 4.92. The van der Waals surface area contributed by atoms with E-state index in [0.29, 0.717) is 0 Å². The van der Waals surface area contributed by atoms with Crippen LogP contribution in [0.4, 0.5) is 0 Å². The largest absolute Gasteiger partial charge is 0.299 e. The third-order valence-corrected chi connectivity index (χ3v) is 2.75. The van der Waals surface area contributed by atoms with E-state index in [-0.39, 0.29) is 11.2 Å². The summed E-state index contributed by atoms with van der Waals surface area (Å²) in [6.45, 7) is 5.59. The minimum Gasteiger partial charge on any atom is -0.299 e. The van der Waals surface area contributed by atoms with E-state index < -0.39 is 0 Å². The highest BCUT2D eigenvalue weighted by atomic mass is 16.1. The number of Topliss-reactive ketones (excluding diaryl/α,β-unsaturated/α-hetero) is 1. The van der Waals surface area contributed by atoms with E-state index in [0.717, 1.165) is 6.42 Å². The molecule has 0 radical (unpaired) electrons. The van der Waals surface area contributed by atoms with Crippen molar-refractivity contribution in [1.29, 1.82) is 0 Å². The summed E-state index contributed by atoms with van der Waals surface area (Å²) in [5.74, 6) is 0.212. The zero-order chi connectivity index (χ0) is 11.3. The van der Waals surface area contributed by atoms with Crippen LogP contribution in [0.25, 0.3) is 0 Å². The quantitative estimate of drug-likeness (QED) is 0.684. The average Bonchev–Trinajstić information content (AvgIpc) is 2.19. The molecule has 0 amide bonds. The summed E-state index contributed by atoms with van der Waals surface area (Å²) in [7, 11) is 0. The molecule has 0 bridgehead atoms. The molecule has 1 nitrogen and oxygen atoms in total. The Morgan fingerprint density at radius 1 is 1.33 bits per heavy atom. The Balaban J connectivity index is 2.90. The minimum absolute atomic E-state index is 0.212. The summed E-state index contributed by atoms with van der Waals surface area (Å²) in [4.78, 5) is 11.6. The lowest BCUT2D eigenvalue weighted by Gasteiger charge is -2.22. The predicted molar refractivity (Wildman–Crippen MR) is 63.7 cm³/mol. The van der Waals surface area contributed by atoms with Crippen molar-refractivity contribution in [3.63, 3.8) is 0 Å². The Morgan fingerprint density at radius 3 is 2.40 bits per heavy atom. The van der Waals surface area contributed by atoms with Crippen LogP contribution in [0.3, 0.4) is 0 Å². The highest BCUT2D eigenvalue weighted by molar-refractivity contribution is 5.84. The molecule has 0 spiro atoms. The van der Waals surface area contributed by atoms with Crippen LogP contribution >= 0.6 is 0 Å². The van der Waals surface area contributed by atoms with Gasteiger partial charge in [0, 0.05) is 5.41 Å². The lowest BCUT2D eigenvalue weighted by atomic mass is 9.80. The van der Waals surface area contributed by atoms with Gasteiger partial charge in [-0.1, -0.05) is 42.5 Å². The summed E-state index contributed by atoms with van der Waals surface area (Å²) >= 11 is 0. The van der Waals surface area contributed by atoms with Gasteiger partial charge in [0.1, 0.15) is 5.78 Å². The molecule has 0 aromatic heterocycles. The monoisotopic (exact) mass is 202 g/mol. The Morgan fingerprint density at radius 2 is 1.93 bits per heavy atom. The molecular weight excluding hydrogens is 184 g/mol. The van der Waals surface area contributed by atoms with Crippen LogP contribution in [0.2, 0.25) is 0 Å². The standard InChI is InChI=1S/C14H18O/c1-4-10-14(3,12(2)15)11-13-8-6-5-7-9-13/h4-10H,11H2,1-3H3. The molecule has 80 valence electrons. The van der Waals surface area contributed by atoms with Gasteiger partial charge in [-0.2, -0.15) is 0 Å². The highest BCUT2D eigenvalue weighted by Crippen LogP contribution is 2.25. The van der Waals surface area contributed by atoms with Gasteiger partial charge < -0.3 is 0 Å². The normalized spacial score (nSPS) is 15.1. The van der Waals surface area contributed by atoms with Gasteiger partial charge in [-0.25, -0.2) is 0 Å². The molecule has 1 rings (SSSR count). The molecule has 0 heterocycles. The van der Waals surface area contributed by atoms with Crippen LogP contribution in [0.15, 0.2) is 42.5 Å². The van der Waals surface area contributed by atoms with Crippen molar-refractivity contribution in [2.45, 2.75) is 27.2 Å². The van der Waals surface area contributed by atoms with Crippen molar-refractivity contribution >= 4 is 5.78 Å². The Bertz CT molecular complexity index is 351. The number of allylic oxidation sites excluding steroid dienone is 2. The van der Waals surface area contributed by atoms with Gasteiger partial charge in [0.05, 0.1) is 0 Å². The van der Waals surface area contributed by atoms with Gasteiger partial charge in [0.25, 0.3) is 0 Å². The van der Waals surface area contributed by atoms with Crippen LogP contribution in [0.1, 0.15) is 26.3 Å². The SMILES string of the molecule is CC=CC(C)(Cc1ccccc1)C(C)=O. The van der Waals surface area contributed by atoms with Gasteiger partial charge >= 0.3 is 0 Å². The van der Waals surface area contributed by atoms with E-state index >= 15 is 0 Å². The number of carbonyl (C=O) groups is 1. The molecule has 0 fully saturated rings. The summed E-state index contributed by atoms with van der Waals surface area (Å²) in [6, 6.07) is 10.1. The zero-order valence-corrected chi connectivity index (χ0v) is 9.66. The second-order valence-corrected chi connectivity index (χ2v) is 4.14. The van der Waals surface area contributed by atoms with Crippen LogP contribution in [-0.4, -0.2) is 5.78 Å². The van der Waals surface area contributed by atoms with Crippen LogP contribution in [-0.2, 0) is 11.2 Å². The summed E-state index contributed by atoms with van der Waals surface area (Å²) in [6.07, 6.45) is 4.71. The Hall–Kier alpha value is -1.37. The molecule has 0 saturated carbocycles. The first-order chi connectivity index (χ1) is 7.08.